The lowest BCUT2D eigenvalue weighted by molar-refractivity contribution is -0.126. The molecule has 16 heavy (non-hydrogen) atoms. The molecule has 2 unspecified atom stereocenters. The molecule has 0 aliphatic heterocycles. The predicted octanol–water partition coefficient (Wildman–Crippen LogP) is 0.358. The van der Waals surface area contributed by atoms with Gasteiger partial charge in [0.1, 0.15) is 5.54 Å². The van der Waals surface area contributed by atoms with E-state index >= 15 is 0 Å². The van der Waals surface area contributed by atoms with Crippen molar-refractivity contribution in [2.24, 2.45) is 5.73 Å². The van der Waals surface area contributed by atoms with Crippen molar-refractivity contribution in [1.82, 2.24) is 5.32 Å². The quantitative estimate of drug-likeness (QED) is 0.688. The molecular weight excluding hydrogens is 204 g/mol. The van der Waals surface area contributed by atoms with Gasteiger partial charge in [0.05, 0.1) is 6.10 Å². The van der Waals surface area contributed by atoms with Gasteiger partial charge in [-0.1, -0.05) is 30.3 Å². The summed E-state index contributed by atoms with van der Waals surface area (Å²) in [6, 6.07) is 9.15. The van der Waals surface area contributed by atoms with Crippen molar-refractivity contribution in [2.45, 2.75) is 25.5 Å². The minimum Gasteiger partial charge on any atom is -0.392 e. The Morgan fingerprint density at radius 2 is 2.06 bits per heavy atom. The zero-order valence-electron chi connectivity index (χ0n) is 9.60. The van der Waals surface area contributed by atoms with Gasteiger partial charge in [-0.15, -0.1) is 0 Å². The van der Waals surface area contributed by atoms with E-state index in [1.807, 2.05) is 30.3 Å². The average Bonchev–Trinajstić information content (AvgIpc) is 2.27. The van der Waals surface area contributed by atoms with E-state index in [1.54, 1.807) is 13.8 Å². The standard InChI is InChI=1S/C12H18N2O2/c1-9(15)8-14-11(16)12(2,13)10-6-4-3-5-7-10/h3-7,9,15H,8,13H2,1-2H3,(H,14,16). The highest BCUT2D eigenvalue weighted by Gasteiger charge is 2.29. The van der Waals surface area contributed by atoms with Gasteiger partial charge in [0.25, 0.3) is 0 Å². The Morgan fingerprint density at radius 1 is 1.50 bits per heavy atom. The van der Waals surface area contributed by atoms with Crippen molar-refractivity contribution in [3.8, 4) is 0 Å². The molecule has 0 saturated heterocycles. The normalized spacial score (nSPS) is 16.2. The molecule has 0 fully saturated rings. The van der Waals surface area contributed by atoms with Crippen LogP contribution in [0.1, 0.15) is 19.4 Å². The first-order valence-electron chi connectivity index (χ1n) is 5.25. The fourth-order valence-corrected chi connectivity index (χ4v) is 1.34. The van der Waals surface area contributed by atoms with Crippen LogP contribution in [0.2, 0.25) is 0 Å². The summed E-state index contributed by atoms with van der Waals surface area (Å²) in [4.78, 5) is 11.8. The summed E-state index contributed by atoms with van der Waals surface area (Å²) < 4.78 is 0. The Bertz CT molecular complexity index is 347. The van der Waals surface area contributed by atoms with Crippen LogP contribution in [0.5, 0.6) is 0 Å². The number of hydrogen-bond donors (Lipinski definition) is 3. The van der Waals surface area contributed by atoms with E-state index in [1.165, 1.54) is 0 Å². The SMILES string of the molecule is CC(O)CNC(=O)C(C)(N)c1ccccc1. The molecule has 0 bridgehead atoms. The maximum Gasteiger partial charge on any atom is 0.244 e. The maximum absolute atomic E-state index is 11.8. The molecule has 4 N–H and O–H groups in total. The summed E-state index contributed by atoms with van der Waals surface area (Å²) in [6.07, 6.45) is -0.574. The minimum absolute atomic E-state index is 0.207. The third-order valence-corrected chi connectivity index (χ3v) is 2.40. The Labute approximate surface area is 95.5 Å². The lowest BCUT2D eigenvalue weighted by atomic mass is 9.92. The van der Waals surface area contributed by atoms with Gasteiger partial charge in [-0.05, 0) is 19.4 Å². The van der Waals surface area contributed by atoms with Gasteiger partial charge in [-0.25, -0.2) is 0 Å². The molecule has 0 aromatic heterocycles. The van der Waals surface area contributed by atoms with Crippen LogP contribution in [0.25, 0.3) is 0 Å². The number of aliphatic hydroxyl groups excluding tert-OH is 1. The number of benzene rings is 1. The molecule has 1 amide bonds. The van der Waals surface area contributed by atoms with E-state index in [0.29, 0.717) is 0 Å². The highest BCUT2D eigenvalue weighted by atomic mass is 16.3. The van der Waals surface area contributed by atoms with Crippen molar-refractivity contribution < 1.29 is 9.90 Å². The number of aliphatic hydroxyl groups is 1. The van der Waals surface area contributed by atoms with Crippen LogP contribution in [-0.2, 0) is 10.3 Å². The second kappa shape index (κ2) is 5.09. The molecule has 4 nitrogen and oxygen atoms in total. The summed E-state index contributed by atoms with van der Waals surface area (Å²) in [5.41, 5.74) is 5.65. The van der Waals surface area contributed by atoms with Gasteiger partial charge in [0.15, 0.2) is 0 Å². The maximum atomic E-state index is 11.8. The molecule has 0 radical (unpaired) electrons. The van der Waals surface area contributed by atoms with E-state index in [2.05, 4.69) is 5.32 Å². The van der Waals surface area contributed by atoms with E-state index in [9.17, 15) is 4.79 Å². The van der Waals surface area contributed by atoms with Crippen molar-refractivity contribution in [1.29, 1.82) is 0 Å². The molecule has 4 heteroatoms. The Morgan fingerprint density at radius 3 is 2.56 bits per heavy atom. The molecule has 0 aliphatic carbocycles. The van der Waals surface area contributed by atoms with Gasteiger partial charge >= 0.3 is 0 Å². The van der Waals surface area contributed by atoms with Crippen LogP contribution in [0, 0.1) is 0 Å². The average molecular weight is 222 g/mol. The molecular formula is C12H18N2O2. The molecule has 1 aromatic carbocycles. The van der Waals surface area contributed by atoms with E-state index in [-0.39, 0.29) is 12.5 Å². The Hall–Kier alpha value is -1.39. The van der Waals surface area contributed by atoms with Gasteiger partial charge in [0.2, 0.25) is 5.91 Å². The number of amides is 1. The summed E-state index contributed by atoms with van der Waals surface area (Å²) in [6.45, 7) is 3.47. The van der Waals surface area contributed by atoms with Gasteiger partial charge in [0, 0.05) is 6.54 Å². The molecule has 0 spiro atoms. The summed E-state index contributed by atoms with van der Waals surface area (Å²) in [7, 11) is 0. The van der Waals surface area contributed by atoms with E-state index in [0.717, 1.165) is 5.56 Å². The first-order valence-corrected chi connectivity index (χ1v) is 5.25. The zero-order chi connectivity index (χ0) is 12.2. The monoisotopic (exact) mass is 222 g/mol. The summed E-state index contributed by atoms with van der Waals surface area (Å²) in [5, 5.41) is 11.7. The van der Waals surface area contributed by atoms with Gasteiger partial charge in [-0.2, -0.15) is 0 Å². The third kappa shape index (κ3) is 3.05. The van der Waals surface area contributed by atoms with Crippen LogP contribution in [-0.4, -0.2) is 23.7 Å². The smallest absolute Gasteiger partial charge is 0.244 e. The van der Waals surface area contributed by atoms with Gasteiger partial charge < -0.3 is 16.2 Å². The first-order chi connectivity index (χ1) is 7.44. The summed E-state index contributed by atoms with van der Waals surface area (Å²) in [5.74, 6) is -0.292. The third-order valence-electron chi connectivity index (χ3n) is 2.40. The molecule has 1 aromatic rings. The highest BCUT2D eigenvalue weighted by molar-refractivity contribution is 5.86. The summed E-state index contributed by atoms with van der Waals surface area (Å²) >= 11 is 0. The Balaban J connectivity index is 2.74. The van der Waals surface area contributed by atoms with Crippen molar-refractivity contribution in [2.75, 3.05) is 6.54 Å². The zero-order valence-corrected chi connectivity index (χ0v) is 9.60. The molecule has 2 atom stereocenters. The largest absolute Gasteiger partial charge is 0.392 e. The molecule has 0 saturated carbocycles. The fourth-order valence-electron chi connectivity index (χ4n) is 1.34. The minimum atomic E-state index is -1.07. The number of nitrogens with one attached hydrogen (secondary N) is 1. The molecule has 0 heterocycles. The highest BCUT2D eigenvalue weighted by Crippen LogP contribution is 2.17. The molecule has 88 valence electrons. The lowest BCUT2D eigenvalue weighted by Crippen LogP contribution is -2.50. The number of nitrogens with two attached hydrogens (primary N) is 1. The van der Waals surface area contributed by atoms with Crippen LogP contribution in [0.15, 0.2) is 30.3 Å². The Kier molecular flexibility index (Phi) is 4.04. The van der Waals surface area contributed by atoms with Crippen LogP contribution >= 0.6 is 0 Å². The van der Waals surface area contributed by atoms with Crippen LogP contribution < -0.4 is 11.1 Å². The molecule has 0 aliphatic rings. The number of hydrogen-bond acceptors (Lipinski definition) is 3. The second-order valence-corrected chi connectivity index (χ2v) is 4.13. The number of carbonyl (C=O) groups is 1. The van der Waals surface area contributed by atoms with Gasteiger partial charge in [-0.3, -0.25) is 4.79 Å². The fraction of sp³-hybridized carbons (Fsp3) is 0.417. The van der Waals surface area contributed by atoms with Crippen LogP contribution in [0.3, 0.4) is 0 Å². The van der Waals surface area contributed by atoms with E-state index < -0.39 is 11.6 Å². The number of rotatable bonds is 4. The number of carbonyl (C=O) groups excluding carboxylic acids is 1. The van der Waals surface area contributed by atoms with Crippen molar-refractivity contribution >= 4 is 5.91 Å². The second-order valence-electron chi connectivity index (χ2n) is 4.13. The topological polar surface area (TPSA) is 75.3 Å². The van der Waals surface area contributed by atoms with Crippen molar-refractivity contribution in [3.63, 3.8) is 0 Å². The first kappa shape index (κ1) is 12.7. The lowest BCUT2D eigenvalue weighted by Gasteiger charge is -2.24. The van der Waals surface area contributed by atoms with E-state index in [4.69, 9.17) is 10.8 Å². The predicted molar refractivity (Wildman–Crippen MR) is 62.7 cm³/mol. The molecule has 1 rings (SSSR count). The van der Waals surface area contributed by atoms with Crippen molar-refractivity contribution in [3.05, 3.63) is 35.9 Å². The van der Waals surface area contributed by atoms with Crippen LogP contribution in [0.4, 0.5) is 0 Å².